The van der Waals surface area contributed by atoms with E-state index < -0.39 is 0 Å². The number of hydrogen-bond acceptors (Lipinski definition) is 4. The zero-order valence-corrected chi connectivity index (χ0v) is 20.7. The first kappa shape index (κ1) is 24.1. The normalized spacial score (nSPS) is 16.8. The molecule has 2 aliphatic rings. The molecule has 2 amide bonds. The molecular formula is C23H30IN5O3. The Kier molecular flexibility index (Phi) is 8.54. The summed E-state index contributed by atoms with van der Waals surface area (Å²) >= 11 is 0. The number of nitrogens with one attached hydrogen (secondary N) is 1. The van der Waals surface area contributed by atoms with Gasteiger partial charge in [-0.05, 0) is 29.7 Å². The van der Waals surface area contributed by atoms with Gasteiger partial charge in [-0.25, -0.2) is 0 Å². The molecule has 0 aliphatic carbocycles. The lowest BCUT2D eigenvalue weighted by Crippen LogP contribution is -2.53. The molecule has 0 bridgehead atoms. The van der Waals surface area contributed by atoms with E-state index in [9.17, 15) is 9.59 Å². The summed E-state index contributed by atoms with van der Waals surface area (Å²) in [7, 11) is 1.78. The van der Waals surface area contributed by atoms with Crippen LogP contribution in [0, 0.1) is 0 Å². The monoisotopic (exact) mass is 551 g/mol. The summed E-state index contributed by atoms with van der Waals surface area (Å²) < 4.78 is 5.22. The summed E-state index contributed by atoms with van der Waals surface area (Å²) in [6.07, 6.45) is 3.16. The lowest BCUT2D eigenvalue weighted by atomic mass is 10.1. The molecule has 3 heterocycles. The third-order valence-corrected chi connectivity index (χ3v) is 5.83. The number of aliphatic imine (C=N–C) groups is 1. The summed E-state index contributed by atoms with van der Waals surface area (Å²) in [5.41, 5.74) is 2.31. The Labute approximate surface area is 205 Å². The summed E-state index contributed by atoms with van der Waals surface area (Å²) in [5, 5.41) is 3.42. The summed E-state index contributed by atoms with van der Waals surface area (Å²) in [5.74, 6) is 1.40. The third-order valence-electron chi connectivity index (χ3n) is 5.83. The van der Waals surface area contributed by atoms with Crippen LogP contribution in [0.2, 0.25) is 0 Å². The number of furan rings is 1. The van der Waals surface area contributed by atoms with Crippen molar-refractivity contribution >= 4 is 41.8 Å². The number of nitrogens with zero attached hydrogens (tertiary/aromatic N) is 4. The van der Waals surface area contributed by atoms with Gasteiger partial charge in [0.25, 0.3) is 5.91 Å². The van der Waals surface area contributed by atoms with Gasteiger partial charge in [0.05, 0.1) is 6.26 Å². The molecule has 0 atom stereocenters. The fraction of sp³-hybridized carbons (Fsp3) is 0.435. The predicted molar refractivity (Wildman–Crippen MR) is 133 cm³/mol. The average molecular weight is 551 g/mol. The molecule has 9 heteroatoms. The molecule has 0 spiro atoms. The van der Waals surface area contributed by atoms with Crippen LogP contribution < -0.4 is 5.32 Å². The molecule has 4 rings (SSSR count). The standard InChI is InChI=1S/C23H29N5O3.HI/c1-24-23(27-13-11-26(12-14-27)22(30)20-4-3-15-31-20)25-16-18-6-8-19(9-7-18)17-28-10-2-5-21(28)29;/h3-4,6-9,15H,2,5,10-14,16-17H2,1H3,(H,24,25);1H. The van der Waals surface area contributed by atoms with Gasteiger partial charge in [0.15, 0.2) is 11.7 Å². The molecule has 2 aliphatic heterocycles. The van der Waals surface area contributed by atoms with Crippen molar-refractivity contribution in [3.8, 4) is 0 Å². The van der Waals surface area contributed by atoms with Crippen molar-refractivity contribution < 1.29 is 14.0 Å². The second kappa shape index (κ2) is 11.3. The largest absolute Gasteiger partial charge is 0.459 e. The topological polar surface area (TPSA) is 81.4 Å². The first-order valence-corrected chi connectivity index (χ1v) is 10.8. The van der Waals surface area contributed by atoms with Crippen molar-refractivity contribution in [1.82, 2.24) is 20.0 Å². The number of rotatable bonds is 5. The van der Waals surface area contributed by atoms with E-state index in [4.69, 9.17) is 4.42 Å². The lowest BCUT2D eigenvalue weighted by molar-refractivity contribution is -0.128. The fourth-order valence-electron chi connectivity index (χ4n) is 4.04. The molecule has 1 N–H and O–H groups in total. The SMILES string of the molecule is CN=C(NCc1ccc(CN2CCCC2=O)cc1)N1CCN(C(=O)c2ccco2)CC1.I. The van der Waals surface area contributed by atoms with Crippen molar-refractivity contribution in [2.24, 2.45) is 4.99 Å². The van der Waals surface area contributed by atoms with Crippen LogP contribution >= 0.6 is 24.0 Å². The Bertz CT molecular complexity index is 922. The van der Waals surface area contributed by atoms with Crippen molar-refractivity contribution in [3.05, 3.63) is 59.5 Å². The zero-order chi connectivity index (χ0) is 21.6. The average Bonchev–Trinajstić information content (AvgIpc) is 3.48. The molecule has 1 aromatic carbocycles. The minimum absolute atomic E-state index is 0. The Balaban J connectivity index is 0.00000289. The number of hydrogen-bond donors (Lipinski definition) is 1. The number of halogens is 1. The highest BCUT2D eigenvalue weighted by Crippen LogP contribution is 2.15. The maximum absolute atomic E-state index is 12.4. The van der Waals surface area contributed by atoms with Gasteiger partial charge in [-0.1, -0.05) is 24.3 Å². The first-order chi connectivity index (χ1) is 15.1. The summed E-state index contributed by atoms with van der Waals surface area (Å²) in [4.78, 5) is 34.5. The number of amides is 2. The van der Waals surface area contributed by atoms with Crippen molar-refractivity contribution in [2.45, 2.75) is 25.9 Å². The van der Waals surface area contributed by atoms with Crippen molar-refractivity contribution in [1.29, 1.82) is 0 Å². The van der Waals surface area contributed by atoms with Crippen LogP contribution in [0.25, 0.3) is 0 Å². The zero-order valence-electron chi connectivity index (χ0n) is 18.3. The number of carbonyl (C=O) groups is 2. The number of carbonyl (C=O) groups excluding carboxylic acids is 2. The highest BCUT2D eigenvalue weighted by Gasteiger charge is 2.25. The number of piperazine rings is 1. The van der Waals surface area contributed by atoms with Crippen LogP contribution in [-0.2, 0) is 17.9 Å². The number of benzene rings is 1. The van der Waals surface area contributed by atoms with E-state index in [1.165, 1.54) is 6.26 Å². The van der Waals surface area contributed by atoms with Crippen LogP contribution in [0.5, 0.6) is 0 Å². The van der Waals surface area contributed by atoms with E-state index in [2.05, 4.69) is 39.5 Å². The molecule has 0 unspecified atom stereocenters. The molecule has 0 radical (unpaired) electrons. The third kappa shape index (κ3) is 5.81. The fourth-order valence-corrected chi connectivity index (χ4v) is 4.04. The molecule has 1 aromatic heterocycles. The minimum atomic E-state index is -0.0664. The molecule has 32 heavy (non-hydrogen) atoms. The first-order valence-electron chi connectivity index (χ1n) is 10.8. The highest BCUT2D eigenvalue weighted by molar-refractivity contribution is 14.0. The van der Waals surface area contributed by atoms with Gasteiger partial charge in [-0.2, -0.15) is 0 Å². The van der Waals surface area contributed by atoms with Gasteiger partial charge in [0, 0.05) is 59.3 Å². The molecule has 0 saturated carbocycles. The van der Waals surface area contributed by atoms with E-state index in [0.717, 1.165) is 43.1 Å². The van der Waals surface area contributed by atoms with E-state index >= 15 is 0 Å². The van der Waals surface area contributed by atoms with Gasteiger partial charge in [0.1, 0.15) is 0 Å². The van der Waals surface area contributed by atoms with E-state index in [0.29, 0.717) is 38.4 Å². The molecule has 2 saturated heterocycles. The molecule has 8 nitrogen and oxygen atoms in total. The Morgan fingerprint density at radius 3 is 2.31 bits per heavy atom. The Morgan fingerprint density at radius 1 is 1.03 bits per heavy atom. The number of likely N-dealkylation sites (tertiary alicyclic amines) is 1. The van der Waals surface area contributed by atoms with E-state index in [1.807, 2.05) is 9.80 Å². The minimum Gasteiger partial charge on any atom is -0.459 e. The second-order valence-corrected chi connectivity index (χ2v) is 7.89. The van der Waals surface area contributed by atoms with Crippen LogP contribution in [-0.4, -0.2) is 72.2 Å². The Hall–Kier alpha value is -2.56. The van der Waals surface area contributed by atoms with Crippen LogP contribution in [0.1, 0.15) is 34.5 Å². The summed E-state index contributed by atoms with van der Waals surface area (Å²) in [6, 6.07) is 11.8. The van der Waals surface area contributed by atoms with Crippen LogP contribution in [0.15, 0.2) is 52.1 Å². The van der Waals surface area contributed by atoms with Gasteiger partial charge in [-0.15, -0.1) is 24.0 Å². The van der Waals surface area contributed by atoms with Gasteiger partial charge >= 0.3 is 0 Å². The summed E-state index contributed by atoms with van der Waals surface area (Å²) in [6.45, 7) is 4.91. The maximum Gasteiger partial charge on any atom is 0.289 e. The van der Waals surface area contributed by atoms with Gasteiger partial charge in [0.2, 0.25) is 5.91 Å². The second-order valence-electron chi connectivity index (χ2n) is 7.89. The number of guanidine groups is 1. The van der Waals surface area contributed by atoms with E-state index in [-0.39, 0.29) is 35.8 Å². The van der Waals surface area contributed by atoms with Crippen molar-refractivity contribution in [3.63, 3.8) is 0 Å². The van der Waals surface area contributed by atoms with Crippen LogP contribution in [0.4, 0.5) is 0 Å². The maximum atomic E-state index is 12.4. The molecule has 2 fully saturated rings. The molecular weight excluding hydrogens is 521 g/mol. The lowest BCUT2D eigenvalue weighted by Gasteiger charge is -2.36. The Morgan fingerprint density at radius 2 is 1.72 bits per heavy atom. The van der Waals surface area contributed by atoms with E-state index in [1.54, 1.807) is 19.2 Å². The van der Waals surface area contributed by atoms with Crippen LogP contribution in [0.3, 0.4) is 0 Å². The predicted octanol–water partition coefficient (Wildman–Crippen LogP) is 2.55. The van der Waals surface area contributed by atoms with Gasteiger partial charge in [-0.3, -0.25) is 14.6 Å². The smallest absolute Gasteiger partial charge is 0.289 e. The van der Waals surface area contributed by atoms with Crippen molar-refractivity contribution in [2.75, 3.05) is 39.8 Å². The molecule has 172 valence electrons. The van der Waals surface area contributed by atoms with Gasteiger partial charge < -0.3 is 24.4 Å². The highest BCUT2D eigenvalue weighted by atomic mass is 127. The quantitative estimate of drug-likeness (QED) is 0.351. The molecule has 2 aromatic rings.